The van der Waals surface area contributed by atoms with Gasteiger partial charge in [-0.2, -0.15) is 0 Å². The van der Waals surface area contributed by atoms with Crippen LogP contribution in [-0.4, -0.2) is 58.8 Å². The molecule has 3 atom stereocenters. The highest BCUT2D eigenvalue weighted by molar-refractivity contribution is 5.92. The second-order valence-electron chi connectivity index (χ2n) is 5.23. The highest BCUT2D eigenvalue weighted by atomic mass is 16.5. The fraction of sp³-hybridized carbons (Fsp3) is 0.533. The van der Waals surface area contributed by atoms with Gasteiger partial charge in [-0.15, -0.1) is 6.58 Å². The summed E-state index contributed by atoms with van der Waals surface area (Å²) >= 11 is 0. The van der Waals surface area contributed by atoms with E-state index in [0.29, 0.717) is 25.5 Å². The summed E-state index contributed by atoms with van der Waals surface area (Å²) in [5.74, 6) is -0.0780. The molecule has 1 aromatic heterocycles. The van der Waals surface area contributed by atoms with Gasteiger partial charge in [0.05, 0.1) is 31.6 Å². The van der Waals surface area contributed by atoms with Gasteiger partial charge in [-0.3, -0.25) is 9.78 Å². The number of nitrogens with zero attached hydrogens (tertiary/aromatic N) is 3. The van der Waals surface area contributed by atoms with Gasteiger partial charge < -0.3 is 14.4 Å². The average Bonchev–Trinajstić information content (AvgIpc) is 2.96. The Morgan fingerprint density at radius 3 is 3.19 bits per heavy atom. The molecule has 6 heteroatoms. The molecule has 1 aliphatic heterocycles. The van der Waals surface area contributed by atoms with Crippen molar-refractivity contribution in [1.82, 2.24) is 14.9 Å². The molecule has 2 aliphatic rings. The van der Waals surface area contributed by atoms with Crippen molar-refractivity contribution in [1.29, 1.82) is 0 Å². The molecule has 1 saturated carbocycles. The molecule has 2 heterocycles. The first-order chi connectivity index (χ1) is 10.3. The fourth-order valence-corrected chi connectivity index (χ4v) is 3.09. The van der Waals surface area contributed by atoms with E-state index in [2.05, 4.69) is 16.5 Å². The van der Waals surface area contributed by atoms with Crippen molar-refractivity contribution in [3.8, 4) is 0 Å². The summed E-state index contributed by atoms with van der Waals surface area (Å²) in [5, 5.41) is 0. The Balaban J connectivity index is 1.73. The summed E-state index contributed by atoms with van der Waals surface area (Å²) in [6, 6.07) is 0.0584. The number of hydrogen-bond donors (Lipinski definition) is 0. The van der Waals surface area contributed by atoms with Crippen LogP contribution in [0.25, 0.3) is 0 Å². The third-order valence-corrected chi connectivity index (χ3v) is 4.01. The lowest BCUT2D eigenvalue weighted by atomic mass is 10.1. The lowest BCUT2D eigenvalue weighted by Crippen LogP contribution is -2.54. The SMILES string of the molecule is C=CCO[C@@H]1CC[C@H]2[C@H]1OCCN2C(=O)c1cnccn1. The fourth-order valence-electron chi connectivity index (χ4n) is 3.09. The average molecular weight is 289 g/mol. The van der Waals surface area contributed by atoms with Gasteiger partial charge in [0.15, 0.2) is 0 Å². The van der Waals surface area contributed by atoms with Crippen molar-refractivity contribution in [3.63, 3.8) is 0 Å². The van der Waals surface area contributed by atoms with Gasteiger partial charge in [0.1, 0.15) is 11.8 Å². The first-order valence-corrected chi connectivity index (χ1v) is 7.22. The van der Waals surface area contributed by atoms with E-state index in [1.165, 1.54) is 12.4 Å². The number of rotatable bonds is 4. The number of fused-ring (bicyclic) bond motifs is 1. The second-order valence-corrected chi connectivity index (χ2v) is 5.23. The third-order valence-electron chi connectivity index (χ3n) is 4.01. The maximum absolute atomic E-state index is 12.6. The molecule has 2 fully saturated rings. The van der Waals surface area contributed by atoms with Crippen LogP contribution in [0.4, 0.5) is 0 Å². The Bertz CT molecular complexity index is 508. The van der Waals surface area contributed by atoms with Crippen LogP contribution in [0, 0.1) is 0 Å². The molecule has 112 valence electrons. The largest absolute Gasteiger partial charge is 0.372 e. The molecular weight excluding hydrogens is 270 g/mol. The van der Waals surface area contributed by atoms with E-state index in [4.69, 9.17) is 9.47 Å². The predicted molar refractivity (Wildman–Crippen MR) is 75.8 cm³/mol. The topological polar surface area (TPSA) is 64.6 Å². The quantitative estimate of drug-likeness (QED) is 0.775. The molecule has 1 aromatic rings. The number of aromatic nitrogens is 2. The molecule has 0 bridgehead atoms. The monoisotopic (exact) mass is 289 g/mol. The molecular formula is C15H19N3O3. The highest BCUT2D eigenvalue weighted by Gasteiger charge is 2.45. The van der Waals surface area contributed by atoms with Gasteiger partial charge >= 0.3 is 0 Å². The van der Waals surface area contributed by atoms with Crippen molar-refractivity contribution in [3.05, 3.63) is 36.9 Å². The van der Waals surface area contributed by atoms with Gasteiger partial charge in [0.25, 0.3) is 5.91 Å². The van der Waals surface area contributed by atoms with Crippen molar-refractivity contribution in [2.75, 3.05) is 19.8 Å². The molecule has 0 spiro atoms. The molecule has 6 nitrogen and oxygen atoms in total. The van der Waals surface area contributed by atoms with Gasteiger partial charge in [-0.25, -0.2) is 4.98 Å². The maximum Gasteiger partial charge on any atom is 0.274 e. The molecule has 1 aliphatic carbocycles. The van der Waals surface area contributed by atoms with Crippen LogP contribution < -0.4 is 0 Å². The van der Waals surface area contributed by atoms with E-state index < -0.39 is 0 Å². The van der Waals surface area contributed by atoms with Gasteiger partial charge in [-0.1, -0.05) is 6.08 Å². The van der Waals surface area contributed by atoms with Gasteiger partial charge in [0, 0.05) is 18.9 Å². The van der Waals surface area contributed by atoms with Crippen molar-refractivity contribution < 1.29 is 14.3 Å². The number of hydrogen-bond acceptors (Lipinski definition) is 5. The lowest BCUT2D eigenvalue weighted by Gasteiger charge is -2.38. The minimum atomic E-state index is -0.0780. The van der Waals surface area contributed by atoms with Crippen LogP contribution >= 0.6 is 0 Å². The zero-order chi connectivity index (χ0) is 14.7. The van der Waals surface area contributed by atoms with Crippen molar-refractivity contribution in [2.45, 2.75) is 31.1 Å². The van der Waals surface area contributed by atoms with Gasteiger partial charge in [-0.05, 0) is 12.8 Å². The summed E-state index contributed by atoms with van der Waals surface area (Å²) in [5.41, 5.74) is 0.383. The third kappa shape index (κ3) is 2.82. The minimum Gasteiger partial charge on any atom is -0.372 e. The summed E-state index contributed by atoms with van der Waals surface area (Å²) < 4.78 is 11.6. The number of morpholine rings is 1. The highest BCUT2D eigenvalue weighted by Crippen LogP contribution is 2.32. The van der Waals surface area contributed by atoms with Crippen LogP contribution in [0.2, 0.25) is 0 Å². The van der Waals surface area contributed by atoms with Crippen LogP contribution in [0.15, 0.2) is 31.2 Å². The molecule has 0 aromatic carbocycles. The second kappa shape index (κ2) is 6.32. The maximum atomic E-state index is 12.6. The predicted octanol–water partition coefficient (Wildman–Crippen LogP) is 1.05. The molecule has 1 amide bonds. The Kier molecular flexibility index (Phi) is 4.26. The smallest absolute Gasteiger partial charge is 0.274 e. The minimum absolute atomic E-state index is 0.0328. The zero-order valence-corrected chi connectivity index (χ0v) is 11.9. The lowest BCUT2D eigenvalue weighted by molar-refractivity contribution is -0.100. The van der Waals surface area contributed by atoms with Crippen molar-refractivity contribution >= 4 is 5.91 Å². The molecule has 0 N–H and O–H groups in total. The van der Waals surface area contributed by atoms with Crippen LogP contribution in [0.5, 0.6) is 0 Å². The van der Waals surface area contributed by atoms with Crippen LogP contribution in [-0.2, 0) is 9.47 Å². The van der Waals surface area contributed by atoms with E-state index >= 15 is 0 Å². The molecule has 1 saturated heterocycles. The Morgan fingerprint density at radius 1 is 1.52 bits per heavy atom. The first kappa shape index (κ1) is 14.2. The molecule has 21 heavy (non-hydrogen) atoms. The molecule has 0 radical (unpaired) electrons. The van der Waals surface area contributed by atoms with Crippen LogP contribution in [0.1, 0.15) is 23.3 Å². The van der Waals surface area contributed by atoms with Crippen LogP contribution in [0.3, 0.4) is 0 Å². The Labute approximate surface area is 123 Å². The normalized spacial score (nSPS) is 28.2. The van der Waals surface area contributed by atoms with Gasteiger partial charge in [0.2, 0.25) is 0 Å². The molecule has 0 unspecified atom stereocenters. The van der Waals surface area contributed by atoms with E-state index in [1.807, 2.05) is 4.90 Å². The summed E-state index contributed by atoms with van der Waals surface area (Å²) in [6.45, 7) is 5.29. The summed E-state index contributed by atoms with van der Waals surface area (Å²) in [6.07, 6.45) is 8.10. The Hall–Kier alpha value is -1.79. The zero-order valence-electron chi connectivity index (χ0n) is 11.9. The summed E-state index contributed by atoms with van der Waals surface area (Å²) in [4.78, 5) is 22.5. The molecule has 3 rings (SSSR count). The van der Waals surface area contributed by atoms with E-state index in [-0.39, 0.29) is 24.2 Å². The number of ether oxygens (including phenoxy) is 2. The number of carbonyl (C=O) groups excluding carboxylic acids is 1. The van der Waals surface area contributed by atoms with E-state index in [1.54, 1.807) is 12.3 Å². The summed E-state index contributed by atoms with van der Waals surface area (Å²) in [7, 11) is 0. The van der Waals surface area contributed by atoms with E-state index in [9.17, 15) is 4.79 Å². The number of amides is 1. The first-order valence-electron chi connectivity index (χ1n) is 7.22. The van der Waals surface area contributed by atoms with E-state index in [0.717, 1.165) is 12.8 Å². The Morgan fingerprint density at radius 2 is 2.43 bits per heavy atom. The van der Waals surface area contributed by atoms with Crippen molar-refractivity contribution in [2.24, 2.45) is 0 Å². The number of carbonyl (C=O) groups is 1. The standard InChI is InChI=1S/C15H19N3O3/c1-2-8-20-13-4-3-12-14(13)21-9-7-18(12)15(19)11-10-16-5-6-17-11/h2,5-6,10,12-14H,1,3-4,7-9H2/t12-,13+,14+/m0/s1.